The lowest BCUT2D eigenvalue weighted by atomic mass is 10.1. The number of nitrogens with zero attached hydrogens (tertiary/aromatic N) is 1. The van der Waals surface area contributed by atoms with Gasteiger partial charge in [-0.05, 0) is 12.0 Å². The van der Waals surface area contributed by atoms with Gasteiger partial charge in [-0.2, -0.15) is 0 Å². The van der Waals surface area contributed by atoms with Gasteiger partial charge >= 0.3 is 0 Å². The van der Waals surface area contributed by atoms with E-state index in [1.807, 2.05) is 30.3 Å². The maximum Gasteiger partial charge on any atom is 0.235 e. The van der Waals surface area contributed by atoms with E-state index in [2.05, 4.69) is 0 Å². The Hall–Kier alpha value is -1.97. The molecule has 0 atom stereocenters. The summed E-state index contributed by atoms with van der Waals surface area (Å²) in [5.74, 6) is -0.483. The zero-order valence-corrected chi connectivity index (χ0v) is 8.13. The highest BCUT2D eigenvalue weighted by atomic mass is 16.2. The number of hydrogen-bond acceptors (Lipinski definition) is 3. The minimum Gasteiger partial charge on any atom is -0.278 e. The van der Waals surface area contributed by atoms with Crippen molar-refractivity contribution in [3.05, 3.63) is 35.9 Å². The van der Waals surface area contributed by atoms with Gasteiger partial charge in [0, 0.05) is 6.42 Å². The van der Waals surface area contributed by atoms with Crippen LogP contribution >= 0.6 is 0 Å². The number of hydrogen-bond donors (Lipinski definition) is 0. The summed E-state index contributed by atoms with van der Waals surface area (Å²) >= 11 is 0. The first-order valence-corrected chi connectivity index (χ1v) is 4.53. The Morgan fingerprint density at radius 1 is 1.13 bits per heavy atom. The molecule has 0 saturated carbocycles. The second-order valence-corrected chi connectivity index (χ2v) is 3.00. The number of carbonyl (C=O) groups is 3. The lowest BCUT2D eigenvalue weighted by Gasteiger charge is -2.06. The summed E-state index contributed by atoms with van der Waals surface area (Å²) in [5, 5.41) is 0. The predicted octanol–water partition coefficient (Wildman–Crippen LogP) is 0.761. The fourth-order valence-corrected chi connectivity index (χ4v) is 1.17. The average Bonchev–Trinajstić information content (AvgIpc) is 2.29. The fraction of sp³-hybridized carbons (Fsp3) is 0.182. The quantitative estimate of drug-likeness (QED) is 0.667. The summed E-state index contributed by atoms with van der Waals surface area (Å²) in [4.78, 5) is 32.3. The van der Waals surface area contributed by atoms with Crippen LogP contribution in [0.4, 0.5) is 0 Å². The molecule has 0 radical (unpaired) electrons. The van der Waals surface area contributed by atoms with Crippen molar-refractivity contribution in [2.75, 3.05) is 0 Å². The zero-order valence-electron chi connectivity index (χ0n) is 8.13. The molecule has 0 bridgehead atoms. The van der Waals surface area contributed by atoms with Gasteiger partial charge < -0.3 is 0 Å². The van der Waals surface area contributed by atoms with Crippen molar-refractivity contribution in [3.63, 3.8) is 0 Å². The monoisotopic (exact) mass is 205 g/mol. The van der Waals surface area contributed by atoms with Gasteiger partial charge in [-0.25, -0.2) is 4.90 Å². The summed E-state index contributed by atoms with van der Waals surface area (Å²) < 4.78 is 0. The molecule has 1 aromatic rings. The Morgan fingerprint density at radius 2 is 1.73 bits per heavy atom. The number of amides is 3. The molecule has 4 nitrogen and oxygen atoms in total. The van der Waals surface area contributed by atoms with Gasteiger partial charge in [-0.1, -0.05) is 30.3 Å². The van der Waals surface area contributed by atoms with Crippen LogP contribution < -0.4 is 0 Å². The van der Waals surface area contributed by atoms with E-state index in [1.54, 1.807) is 0 Å². The van der Waals surface area contributed by atoms with E-state index in [0.717, 1.165) is 5.56 Å². The first kappa shape index (κ1) is 11.1. The van der Waals surface area contributed by atoms with Crippen molar-refractivity contribution in [2.24, 2.45) is 0 Å². The predicted molar refractivity (Wildman–Crippen MR) is 53.7 cm³/mol. The Morgan fingerprint density at radius 3 is 2.27 bits per heavy atom. The van der Waals surface area contributed by atoms with E-state index in [9.17, 15) is 14.4 Å². The minimum atomic E-state index is -0.483. The molecule has 0 aliphatic carbocycles. The van der Waals surface area contributed by atoms with Crippen LogP contribution in [0.25, 0.3) is 0 Å². The molecule has 0 heterocycles. The van der Waals surface area contributed by atoms with Crippen molar-refractivity contribution in [1.29, 1.82) is 0 Å². The summed E-state index contributed by atoms with van der Waals surface area (Å²) in [5.41, 5.74) is 1.00. The van der Waals surface area contributed by atoms with Gasteiger partial charge in [0.1, 0.15) is 0 Å². The second kappa shape index (κ2) is 5.70. The SMILES string of the molecule is O=CN(C=O)C(=O)CCc1ccccc1. The molecule has 0 aromatic heterocycles. The van der Waals surface area contributed by atoms with Crippen LogP contribution in [0.1, 0.15) is 12.0 Å². The van der Waals surface area contributed by atoms with E-state index >= 15 is 0 Å². The van der Waals surface area contributed by atoms with Gasteiger partial charge in [0.2, 0.25) is 18.7 Å². The Bertz CT molecular complexity index is 340. The lowest BCUT2D eigenvalue weighted by Crippen LogP contribution is -2.28. The average molecular weight is 205 g/mol. The topological polar surface area (TPSA) is 54.5 Å². The van der Waals surface area contributed by atoms with E-state index < -0.39 is 5.91 Å². The van der Waals surface area contributed by atoms with Crippen molar-refractivity contribution >= 4 is 18.7 Å². The normalized spacial score (nSPS) is 9.33. The highest BCUT2D eigenvalue weighted by Crippen LogP contribution is 2.03. The smallest absolute Gasteiger partial charge is 0.235 e. The molecular weight excluding hydrogens is 194 g/mol. The van der Waals surface area contributed by atoms with Crippen LogP contribution in [0.15, 0.2) is 30.3 Å². The largest absolute Gasteiger partial charge is 0.278 e. The van der Waals surface area contributed by atoms with Crippen molar-refractivity contribution in [1.82, 2.24) is 4.90 Å². The molecule has 4 heteroatoms. The van der Waals surface area contributed by atoms with E-state index in [0.29, 0.717) is 11.3 Å². The van der Waals surface area contributed by atoms with Crippen LogP contribution in [0.3, 0.4) is 0 Å². The van der Waals surface area contributed by atoms with Crippen LogP contribution in [0.5, 0.6) is 0 Å². The molecule has 1 rings (SSSR count). The van der Waals surface area contributed by atoms with Gasteiger partial charge in [0.05, 0.1) is 0 Å². The molecule has 15 heavy (non-hydrogen) atoms. The maximum atomic E-state index is 11.2. The summed E-state index contributed by atoms with van der Waals surface area (Å²) in [7, 11) is 0. The van der Waals surface area contributed by atoms with Gasteiger partial charge in [-0.3, -0.25) is 14.4 Å². The molecule has 0 aliphatic heterocycles. The van der Waals surface area contributed by atoms with Gasteiger partial charge in [0.15, 0.2) is 0 Å². The molecule has 0 fully saturated rings. The van der Waals surface area contributed by atoms with Crippen LogP contribution in [0, 0.1) is 0 Å². The van der Waals surface area contributed by atoms with Gasteiger partial charge in [0.25, 0.3) is 0 Å². The van der Waals surface area contributed by atoms with Crippen LogP contribution in [-0.4, -0.2) is 23.6 Å². The number of carbonyl (C=O) groups excluding carboxylic acids is 3. The van der Waals surface area contributed by atoms with Crippen molar-refractivity contribution < 1.29 is 14.4 Å². The van der Waals surface area contributed by atoms with Crippen molar-refractivity contribution in [2.45, 2.75) is 12.8 Å². The number of rotatable bonds is 5. The zero-order chi connectivity index (χ0) is 11.1. The summed E-state index contributed by atoms with van der Waals surface area (Å²) in [6.07, 6.45) is 1.12. The lowest BCUT2D eigenvalue weighted by molar-refractivity contribution is -0.143. The molecule has 0 aliphatic rings. The molecule has 0 saturated heterocycles. The fourth-order valence-electron chi connectivity index (χ4n) is 1.17. The van der Waals surface area contributed by atoms with Crippen LogP contribution in [0.2, 0.25) is 0 Å². The molecule has 1 aromatic carbocycles. The van der Waals surface area contributed by atoms with E-state index in [4.69, 9.17) is 0 Å². The minimum absolute atomic E-state index is 0.154. The molecule has 0 spiro atoms. The standard InChI is InChI=1S/C11H11NO3/c13-8-12(9-14)11(15)7-6-10-4-2-1-3-5-10/h1-5,8-9H,6-7H2. The first-order chi connectivity index (χ1) is 7.27. The van der Waals surface area contributed by atoms with E-state index in [-0.39, 0.29) is 19.2 Å². The van der Waals surface area contributed by atoms with Crippen molar-refractivity contribution in [3.8, 4) is 0 Å². The number of aryl methyl sites for hydroxylation is 1. The third-order valence-corrected chi connectivity index (χ3v) is 1.99. The maximum absolute atomic E-state index is 11.2. The Kier molecular flexibility index (Phi) is 4.22. The molecular formula is C11H11NO3. The summed E-state index contributed by atoms with van der Waals surface area (Å²) in [6.45, 7) is 0. The third kappa shape index (κ3) is 3.34. The Balaban J connectivity index is 2.47. The number of imide groups is 3. The highest BCUT2D eigenvalue weighted by molar-refractivity contribution is 5.96. The molecule has 0 unspecified atom stereocenters. The molecule has 3 amide bonds. The summed E-state index contributed by atoms with van der Waals surface area (Å²) in [6, 6.07) is 9.40. The molecule has 78 valence electrons. The Labute approximate surface area is 87.5 Å². The van der Waals surface area contributed by atoms with Crippen LogP contribution in [-0.2, 0) is 20.8 Å². The first-order valence-electron chi connectivity index (χ1n) is 4.53. The molecule has 0 N–H and O–H groups in total. The third-order valence-electron chi connectivity index (χ3n) is 1.99. The van der Waals surface area contributed by atoms with E-state index in [1.165, 1.54) is 0 Å². The number of benzene rings is 1. The van der Waals surface area contributed by atoms with Gasteiger partial charge in [-0.15, -0.1) is 0 Å². The second-order valence-electron chi connectivity index (χ2n) is 3.00. The highest BCUT2D eigenvalue weighted by Gasteiger charge is 2.10.